The Morgan fingerprint density at radius 1 is 1.06 bits per heavy atom. The Bertz CT molecular complexity index is 961. The van der Waals surface area contributed by atoms with Gasteiger partial charge in [0.1, 0.15) is 5.75 Å². The van der Waals surface area contributed by atoms with Gasteiger partial charge in [0.2, 0.25) is 0 Å². The largest absolute Gasteiger partial charge is 0.481 e. The fraction of sp³-hybridized carbons (Fsp3) is 0.375. The molecule has 1 aliphatic rings. The molecule has 31 heavy (non-hydrogen) atoms. The van der Waals surface area contributed by atoms with Crippen LogP contribution in [0.2, 0.25) is 0 Å². The van der Waals surface area contributed by atoms with Crippen molar-refractivity contribution >= 4 is 17.7 Å². The molecule has 7 nitrogen and oxygen atoms in total. The predicted octanol–water partition coefficient (Wildman–Crippen LogP) is 2.50. The van der Waals surface area contributed by atoms with Crippen LogP contribution in [0.3, 0.4) is 0 Å². The molecule has 0 saturated carbocycles. The highest BCUT2D eigenvalue weighted by Crippen LogP contribution is 2.22. The zero-order valence-corrected chi connectivity index (χ0v) is 18.4. The highest BCUT2D eigenvalue weighted by molar-refractivity contribution is 5.95. The van der Waals surface area contributed by atoms with Crippen LogP contribution < -0.4 is 10.1 Å². The first kappa shape index (κ1) is 22.3. The Hall–Kier alpha value is -3.35. The number of hydrogen-bond acceptors (Lipinski definition) is 4. The lowest BCUT2D eigenvalue weighted by atomic mass is 10.1. The van der Waals surface area contributed by atoms with E-state index in [2.05, 4.69) is 5.32 Å². The third-order valence-electron chi connectivity index (χ3n) is 5.53. The minimum Gasteiger partial charge on any atom is -0.481 e. The van der Waals surface area contributed by atoms with Gasteiger partial charge in [-0.25, -0.2) is 0 Å². The van der Waals surface area contributed by atoms with Gasteiger partial charge in [0.25, 0.3) is 17.7 Å². The summed E-state index contributed by atoms with van der Waals surface area (Å²) in [6, 6.07) is 14.2. The topological polar surface area (TPSA) is 79.0 Å². The van der Waals surface area contributed by atoms with Gasteiger partial charge in [0.05, 0.1) is 0 Å². The summed E-state index contributed by atoms with van der Waals surface area (Å²) in [7, 11) is 1.58. The van der Waals surface area contributed by atoms with Gasteiger partial charge in [-0.3, -0.25) is 14.4 Å². The predicted molar refractivity (Wildman–Crippen MR) is 118 cm³/mol. The fourth-order valence-corrected chi connectivity index (χ4v) is 3.77. The van der Waals surface area contributed by atoms with Crippen molar-refractivity contribution in [2.24, 2.45) is 0 Å². The number of hydrogen-bond donors (Lipinski definition) is 1. The van der Waals surface area contributed by atoms with Crippen molar-refractivity contribution in [2.75, 3.05) is 26.7 Å². The molecule has 2 aromatic rings. The molecule has 1 heterocycles. The van der Waals surface area contributed by atoms with E-state index in [9.17, 15) is 14.4 Å². The molecule has 0 aromatic heterocycles. The van der Waals surface area contributed by atoms with Crippen molar-refractivity contribution < 1.29 is 19.1 Å². The number of amides is 3. The smallest absolute Gasteiger partial charge is 0.263 e. The van der Waals surface area contributed by atoms with Gasteiger partial charge in [-0.2, -0.15) is 0 Å². The number of aryl methyl sites for hydroxylation is 1. The van der Waals surface area contributed by atoms with Gasteiger partial charge in [0.15, 0.2) is 6.10 Å². The van der Waals surface area contributed by atoms with Crippen molar-refractivity contribution in [1.29, 1.82) is 0 Å². The summed E-state index contributed by atoms with van der Waals surface area (Å²) in [5.74, 6) is 0.263. The van der Waals surface area contributed by atoms with Crippen LogP contribution in [0.25, 0.3) is 0 Å². The van der Waals surface area contributed by atoms with E-state index in [0.29, 0.717) is 36.5 Å². The standard InChI is InChI=1S/C24H29N3O4/c1-16-14-20(22(28)25-4)10-11-21(16)31-18(3)23(29)27-13-12-26(15-17(27)2)24(30)19-8-6-5-7-9-19/h5-11,14,17-18H,12-13,15H2,1-4H3,(H,25,28)/t17-,18-/m1/s1. The van der Waals surface area contributed by atoms with Gasteiger partial charge in [-0.05, 0) is 56.7 Å². The first-order chi connectivity index (χ1) is 14.8. The van der Waals surface area contributed by atoms with Crippen LogP contribution in [0.4, 0.5) is 0 Å². The molecule has 2 atom stereocenters. The molecule has 164 valence electrons. The summed E-state index contributed by atoms with van der Waals surface area (Å²) in [5.41, 5.74) is 1.98. The number of piperazine rings is 1. The van der Waals surface area contributed by atoms with Gasteiger partial charge in [-0.15, -0.1) is 0 Å². The Labute approximate surface area is 183 Å². The Morgan fingerprint density at radius 2 is 1.77 bits per heavy atom. The van der Waals surface area contributed by atoms with Gasteiger partial charge >= 0.3 is 0 Å². The van der Waals surface area contributed by atoms with Crippen LogP contribution in [0.1, 0.15) is 40.1 Å². The van der Waals surface area contributed by atoms with E-state index in [1.54, 1.807) is 54.1 Å². The summed E-state index contributed by atoms with van der Waals surface area (Å²) in [6.45, 7) is 6.93. The molecule has 7 heteroatoms. The van der Waals surface area contributed by atoms with E-state index in [1.807, 2.05) is 32.0 Å². The van der Waals surface area contributed by atoms with Gasteiger partial charge < -0.3 is 19.9 Å². The Kier molecular flexibility index (Phi) is 6.95. The molecule has 3 amide bonds. The minimum atomic E-state index is -0.677. The van der Waals surface area contributed by atoms with Crippen LogP contribution >= 0.6 is 0 Å². The Morgan fingerprint density at radius 3 is 2.39 bits per heavy atom. The van der Waals surface area contributed by atoms with Crippen molar-refractivity contribution in [3.8, 4) is 5.75 Å². The average molecular weight is 424 g/mol. The lowest BCUT2D eigenvalue weighted by Gasteiger charge is -2.40. The highest BCUT2D eigenvalue weighted by Gasteiger charge is 2.33. The lowest BCUT2D eigenvalue weighted by Crippen LogP contribution is -2.57. The summed E-state index contributed by atoms with van der Waals surface area (Å²) >= 11 is 0. The number of carbonyl (C=O) groups excluding carboxylic acids is 3. The third-order valence-corrected chi connectivity index (χ3v) is 5.53. The maximum Gasteiger partial charge on any atom is 0.263 e. The van der Waals surface area contributed by atoms with Crippen LogP contribution in [0.5, 0.6) is 5.75 Å². The average Bonchev–Trinajstić information content (AvgIpc) is 2.79. The monoisotopic (exact) mass is 423 g/mol. The minimum absolute atomic E-state index is 0.0179. The number of ether oxygens (including phenoxy) is 1. The molecule has 1 saturated heterocycles. The lowest BCUT2D eigenvalue weighted by molar-refractivity contribution is -0.142. The molecular formula is C24H29N3O4. The maximum atomic E-state index is 13.0. The number of benzene rings is 2. The zero-order chi connectivity index (χ0) is 22.5. The number of carbonyl (C=O) groups is 3. The van der Waals surface area contributed by atoms with E-state index in [4.69, 9.17) is 4.74 Å². The van der Waals surface area contributed by atoms with Crippen LogP contribution in [0.15, 0.2) is 48.5 Å². The molecule has 0 unspecified atom stereocenters. The Balaban J connectivity index is 1.61. The van der Waals surface area contributed by atoms with Crippen LogP contribution in [0, 0.1) is 6.92 Å². The summed E-state index contributed by atoms with van der Waals surface area (Å²) < 4.78 is 5.92. The molecule has 0 bridgehead atoms. The number of rotatable bonds is 5. The molecule has 0 radical (unpaired) electrons. The van der Waals surface area contributed by atoms with Crippen molar-refractivity contribution in [3.05, 3.63) is 65.2 Å². The fourth-order valence-electron chi connectivity index (χ4n) is 3.77. The molecule has 1 N–H and O–H groups in total. The second-order valence-corrected chi connectivity index (χ2v) is 7.82. The van der Waals surface area contributed by atoms with Gasteiger partial charge in [-0.1, -0.05) is 18.2 Å². The van der Waals surface area contributed by atoms with E-state index in [0.717, 1.165) is 5.56 Å². The van der Waals surface area contributed by atoms with E-state index < -0.39 is 6.10 Å². The third kappa shape index (κ3) is 5.05. The molecule has 0 aliphatic carbocycles. The van der Waals surface area contributed by atoms with E-state index >= 15 is 0 Å². The maximum absolute atomic E-state index is 13.0. The molecule has 2 aromatic carbocycles. The van der Waals surface area contributed by atoms with E-state index in [1.165, 1.54) is 0 Å². The number of nitrogens with zero attached hydrogens (tertiary/aromatic N) is 2. The molecular weight excluding hydrogens is 394 g/mol. The zero-order valence-electron chi connectivity index (χ0n) is 18.4. The van der Waals surface area contributed by atoms with Crippen molar-refractivity contribution in [1.82, 2.24) is 15.1 Å². The summed E-state index contributed by atoms with van der Waals surface area (Å²) in [6.07, 6.45) is -0.677. The van der Waals surface area contributed by atoms with E-state index in [-0.39, 0.29) is 23.8 Å². The second kappa shape index (κ2) is 9.64. The normalized spacial score (nSPS) is 17.1. The summed E-state index contributed by atoms with van der Waals surface area (Å²) in [5, 5.41) is 2.59. The van der Waals surface area contributed by atoms with Gasteiger partial charge in [0, 0.05) is 43.9 Å². The first-order valence-corrected chi connectivity index (χ1v) is 10.5. The molecule has 1 aliphatic heterocycles. The highest BCUT2D eigenvalue weighted by atomic mass is 16.5. The quantitative estimate of drug-likeness (QED) is 0.802. The van der Waals surface area contributed by atoms with Crippen LogP contribution in [-0.2, 0) is 4.79 Å². The molecule has 3 rings (SSSR count). The van der Waals surface area contributed by atoms with Crippen LogP contribution in [-0.4, -0.2) is 66.3 Å². The molecule has 1 fully saturated rings. The summed E-state index contributed by atoms with van der Waals surface area (Å²) in [4.78, 5) is 41.1. The SMILES string of the molecule is CNC(=O)c1ccc(O[C@H](C)C(=O)N2CCN(C(=O)c3ccccc3)C[C@H]2C)c(C)c1. The molecule has 0 spiro atoms. The first-order valence-electron chi connectivity index (χ1n) is 10.5. The number of nitrogens with one attached hydrogen (secondary N) is 1. The van der Waals surface area contributed by atoms with Crippen molar-refractivity contribution in [3.63, 3.8) is 0 Å². The second-order valence-electron chi connectivity index (χ2n) is 7.82. The van der Waals surface area contributed by atoms with Crippen molar-refractivity contribution in [2.45, 2.75) is 32.9 Å².